The molecule has 0 aromatic heterocycles. The summed E-state index contributed by atoms with van der Waals surface area (Å²) in [6.07, 6.45) is 2.19. The number of piperazine rings is 1. The van der Waals surface area contributed by atoms with E-state index in [4.69, 9.17) is 14.2 Å². The number of aliphatic hydroxyl groups excluding tert-OH is 1. The zero-order chi connectivity index (χ0) is 21.1. The summed E-state index contributed by atoms with van der Waals surface area (Å²) < 4.78 is 18.3. The minimum atomic E-state index is -0.227. The van der Waals surface area contributed by atoms with Gasteiger partial charge >= 0.3 is 0 Å². The molecule has 0 bridgehead atoms. The molecule has 2 atom stereocenters. The summed E-state index contributed by atoms with van der Waals surface area (Å²) in [5, 5.41) is 13.0. The van der Waals surface area contributed by atoms with Crippen molar-refractivity contribution in [3.63, 3.8) is 0 Å². The molecule has 30 heavy (non-hydrogen) atoms. The van der Waals surface area contributed by atoms with Crippen LogP contribution in [0.15, 0.2) is 42.5 Å². The van der Waals surface area contributed by atoms with E-state index in [1.54, 1.807) is 7.11 Å². The van der Waals surface area contributed by atoms with Crippen molar-refractivity contribution in [2.45, 2.75) is 51.0 Å². The van der Waals surface area contributed by atoms with Crippen LogP contribution in [0.5, 0.6) is 17.2 Å². The molecule has 2 N–H and O–H groups in total. The number of hydrogen-bond acceptors (Lipinski definition) is 6. The van der Waals surface area contributed by atoms with Crippen LogP contribution in [0.1, 0.15) is 32.3 Å². The second kappa shape index (κ2) is 8.74. The van der Waals surface area contributed by atoms with Crippen LogP contribution in [0.25, 0.3) is 0 Å². The lowest BCUT2D eigenvalue weighted by molar-refractivity contribution is 0.100. The molecule has 2 aromatic rings. The second-order valence-corrected chi connectivity index (χ2v) is 8.61. The zero-order valence-corrected chi connectivity index (χ0v) is 18.1. The predicted molar refractivity (Wildman–Crippen MR) is 118 cm³/mol. The Balaban J connectivity index is 1.66. The van der Waals surface area contributed by atoms with Crippen LogP contribution in [-0.4, -0.2) is 49.8 Å². The van der Waals surface area contributed by atoms with Crippen LogP contribution in [0.2, 0.25) is 0 Å². The van der Waals surface area contributed by atoms with Gasteiger partial charge in [-0.3, -0.25) is 0 Å². The van der Waals surface area contributed by atoms with E-state index in [-0.39, 0.29) is 24.5 Å². The first-order valence-corrected chi connectivity index (χ1v) is 10.7. The molecule has 0 radical (unpaired) electrons. The Morgan fingerprint density at radius 1 is 1.23 bits per heavy atom. The van der Waals surface area contributed by atoms with Gasteiger partial charge in [0.15, 0.2) is 17.7 Å². The fourth-order valence-electron chi connectivity index (χ4n) is 4.39. The lowest BCUT2D eigenvalue weighted by Gasteiger charge is -2.43. The quantitative estimate of drug-likeness (QED) is 0.727. The van der Waals surface area contributed by atoms with Crippen LogP contribution < -0.4 is 24.4 Å². The highest BCUT2D eigenvalue weighted by atomic mass is 16.5. The number of hydrogen-bond donors (Lipinski definition) is 2. The first-order chi connectivity index (χ1) is 14.5. The SMILES string of the molecule is COc1cccc(N2CCNC(CCCO)C2Oc2cccc3c2OC(C)(C)C3)c1. The minimum absolute atomic E-state index is 0.0855. The van der Waals surface area contributed by atoms with Gasteiger partial charge in [-0.25, -0.2) is 0 Å². The Kier molecular flexibility index (Phi) is 6.06. The summed E-state index contributed by atoms with van der Waals surface area (Å²) in [4.78, 5) is 2.28. The molecule has 2 aromatic carbocycles. The summed E-state index contributed by atoms with van der Waals surface area (Å²) >= 11 is 0. The highest BCUT2D eigenvalue weighted by molar-refractivity contribution is 5.54. The topological polar surface area (TPSA) is 63.2 Å². The van der Waals surface area contributed by atoms with E-state index >= 15 is 0 Å². The van der Waals surface area contributed by atoms with Gasteiger partial charge in [-0.2, -0.15) is 0 Å². The van der Waals surface area contributed by atoms with Crippen molar-refractivity contribution in [3.8, 4) is 17.2 Å². The van der Waals surface area contributed by atoms with Crippen molar-refractivity contribution in [2.24, 2.45) is 0 Å². The Morgan fingerprint density at radius 2 is 2.07 bits per heavy atom. The van der Waals surface area contributed by atoms with Gasteiger partial charge in [0.05, 0.1) is 13.2 Å². The first kappa shape index (κ1) is 20.8. The van der Waals surface area contributed by atoms with Crippen LogP contribution in [0, 0.1) is 0 Å². The predicted octanol–water partition coefficient (Wildman–Crippen LogP) is 3.36. The van der Waals surface area contributed by atoms with Gasteiger partial charge in [0.25, 0.3) is 0 Å². The summed E-state index contributed by atoms with van der Waals surface area (Å²) in [5.74, 6) is 2.44. The number of nitrogens with zero attached hydrogens (tertiary/aromatic N) is 1. The first-order valence-electron chi connectivity index (χ1n) is 10.7. The average Bonchev–Trinajstić information content (AvgIpc) is 3.07. The summed E-state index contributed by atoms with van der Waals surface area (Å²) in [6.45, 7) is 6.04. The Hall–Kier alpha value is -2.44. The van der Waals surface area contributed by atoms with Crippen LogP contribution in [-0.2, 0) is 6.42 Å². The van der Waals surface area contributed by atoms with Gasteiger partial charge in [-0.15, -0.1) is 0 Å². The van der Waals surface area contributed by atoms with E-state index < -0.39 is 0 Å². The van der Waals surface area contributed by atoms with Crippen molar-refractivity contribution in [1.29, 1.82) is 0 Å². The maximum atomic E-state index is 9.39. The van der Waals surface area contributed by atoms with Gasteiger partial charge in [0.2, 0.25) is 0 Å². The maximum absolute atomic E-state index is 9.39. The number of benzene rings is 2. The molecule has 6 nitrogen and oxygen atoms in total. The Bertz CT molecular complexity index is 870. The normalized spacial score (nSPS) is 22.3. The Labute approximate surface area is 178 Å². The third-order valence-electron chi connectivity index (χ3n) is 5.77. The summed E-state index contributed by atoms with van der Waals surface area (Å²) in [7, 11) is 1.68. The number of anilines is 1. The smallest absolute Gasteiger partial charge is 0.188 e. The number of methoxy groups -OCH3 is 1. The monoisotopic (exact) mass is 412 g/mol. The van der Waals surface area contributed by atoms with Gasteiger partial charge in [0.1, 0.15) is 11.4 Å². The largest absolute Gasteiger partial charge is 0.497 e. The molecule has 2 unspecified atom stereocenters. The molecular weight excluding hydrogens is 380 g/mol. The molecule has 2 aliphatic rings. The van der Waals surface area contributed by atoms with Gasteiger partial charge in [0, 0.05) is 43.4 Å². The highest BCUT2D eigenvalue weighted by Gasteiger charge is 2.37. The molecule has 162 valence electrons. The molecule has 4 rings (SSSR count). The van der Waals surface area contributed by atoms with E-state index in [1.165, 1.54) is 5.56 Å². The lowest BCUT2D eigenvalue weighted by Crippen LogP contribution is -2.60. The average molecular weight is 413 g/mol. The third-order valence-corrected chi connectivity index (χ3v) is 5.77. The van der Waals surface area contributed by atoms with E-state index in [1.807, 2.05) is 30.3 Å². The highest BCUT2D eigenvalue weighted by Crippen LogP contribution is 2.43. The molecule has 6 heteroatoms. The second-order valence-electron chi connectivity index (χ2n) is 8.61. The van der Waals surface area contributed by atoms with Gasteiger partial charge in [-0.05, 0) is 44.9 Å². The minimum Gasteiger partial charge on any atom is -0.497 e. The third kappa shape index (κ3) is 4.35. The van der Waals surface area contributed by atoms with Crippen molar-refractivity contribution in [3.05, 3.63) is 48.0 Å². The molecule has 2 aliphatic heterocycles. The zero-order valence-electron chi connectivity index (χ0n) is 18.1. The molecule has 2 heterocycles. The molecule has 1 saturated heterocycles. The van der Waals surface area contributed by atoms with Crippen molar-refractivity contribution in [1.82, 2.24) is 5.32 Å². The maximum Gasteiger partial charge on any atom is 0.188 e. The van der Waals surface area contributed by atoms with E-state index in [9.17, 15) is 5.11 Å². The number of rotatable bonds is 7. The van der Waals surface area contributed by atoms with Crippen molar-refractivity contribution < 1.29 is 19.3 Å². The summed E-state index contributed by atoms with van der Waals surface area (Å²) in [6, 6.07) is 14.3. The van der Waals surface area contributed by atoms with Crippen molar-refractivity contribution in [2.75, 3.05) is 31.7 Å². The van der Waals surface area contributed by atoms with E-state index in [0.29, 0.717) is 0 Å². The number of aliphatic hydroxyl groups is 1. The van der Waals surface area contributed by atoms with Gasteiger partial charge < -0.3 is 29.5 Å². The molecule has 0 aliphatic carbocycles. The Morgan fingerprint density at radius 3 is 2.87 bits per heavy atom. The lowest BCUT2D eigenvalue weighted by atomic mass is 10.0. The van der Waals surface area contributed by atoms with Crippen molar-refractivity contribution >= 4 is 5.69 Å². The molecular formula is C24H32N2O4. The van der Waals surface area contributed by atoms with Crippen LogP contribution >= 0.6 is 0 Å². The molecule has 0 saturated carbocycles. The summed E-state index contributed by atoms with van der Waals surface area (Å²) in [5.41, 5.74) is 2.01. The van der Waals surface area contributed by atoms with Crippen LogP contribution in [0.3, 0.4) is 0 Å². The number of fused-ring (bicyclic) bond motifs is 1. The fraction of sp³-hybridized carbons (Fsp3) is 0.500. The number of nitrogens with one attached hydrogen (secondary N) is 1. The van der Waals surface area contributed by atoms with E-state index in [0.717, 1.165) is 55.3 Å². The fourth-order valence-corrected chi connectivity index (χ4v) is 4.39. The molecule has 0 spiro atoms. The van der Waals surface area contributed by atoms with Crippen LogP contribution in [0.4, 0.5) is 5.69 Å². The standard InChI is InChI=1S/C24H32N2O4/c1-24(2)16-17-7-4-11-21(22(17)30-24)29-23-20(10-6-14-27)25-12-13-26(23)18-8-5-9-19(15-18)28-3/h4-5,7-9,11,15,20,23,25,27H,6,10,12-14,16H2,1-3H3. The van der Waals surface area contributed by atoms with Gasteiger partial charge in [-0.1, -0.05) is 18.2 Å². The van der Waals surface area contributed by atoms with E-state index in [2.05, 4.69) is 36.2 Å². The number of ether oxygens (including phenoxy) is 3. The number of para-hydroxylation sites is 1. The molecule has 0 amide bonds. The molecule has 1 fully saturated rings.